The fraction of sp³-hybridized carbons (Fsp3) is 0.176. The number of esters is 1. The number of hydrogen-bond acceptors (Lipinski definition) is 6. The van der Waals surface area contributed by atoms with E-state index in [2.05, 4.69) is 4.72 Å². The van der Waals surface area contributed by atoms with Gasteiger partial charge < -0.3 is 15.2 Å². The maximum Gasteiger partial charge on any atom is 0.338 e. The minimum atomic E-state index is -4.03. The molecule has 0 fully saturated rings. The SMILES string of the molecule is COc1ccc(C(=O)OCC(N)=O)cc1S(=O)(=O)Nc1ccc(C)cc1. The molecule has 1 amide bonds. The van der Waals surface area contributed by atoms with Crippen LogP contribution in [0, 0.1) is 6.92 Å². The lowest BCUT2D eigenvalue weighted by atomic mass is 10.2. The number of hydrogen-bond donors (Lipinski definition) is 2. The van der Waals surface area contributed by atoms with Crippen LogP contribution < -0.4 is 15.2 Å². The quantitative estimate of drug-likeness (QED) is 0.703. The first kappa shape index (κ1) is 19.3. The number of carbonyl (C=O) groups is 2. The van der Waals surface area contributed by atoms with Crippen molar-refractivity contribution in [3.05, 3.63) is 53.6 Å². The number of ether oxygens (including phenoxy) is 2. The Morgan fingerprint density at radius 3 is 2.35 bits per heavy atom. The molecule has 0 aliphatic heterocycles. The Morgan fingerprint density at radius 2 is 1.77 bits per heavy atom. The molecule has 2 aromatic rings. The third-order valence-electron chi connectivity index (χ3n) is 3.34. The molecule has 0 aromatic heterocycles. The number of anilines is 1. The third kappa shape index (κ3) is 4.73. The van der Waals surface area contributed by atoms with Crippen molar-refractivity contribution in [3.8, 4) is 5.75 Å². The maximum absolute atomic E-state index is 12.7. The van der Waals surface area contributed by atoms with Gasteiger partial charge in [-0.3, -0.25) is 9.52 Å². The highest BCUT2D eigenvalue weighted by atomic mass is 32.2. The first-order valence-corrected chi connectivity index (χ1v) is 8.94. The van der Waals surface area contributed by atoms with Crippen molar-refractivity contribution in [2.24, 2.45) is 5.73 Å². The molecule has 3 N–H and O–H groups in total. The van der Waals surface area contributed by atoms with E-state index in [4.69, 9.17) is 15.2 Å². The minimum absolute atomic E-state index is 0.0519. The van der Waals surface area contributed by atoms with Crippen molar-refractivity contribution >= 4 is 27.6 Å². The predicted molar refractivity (Wildman–Crippen MR) is 94.5 cm³/mol. The molecule has 2 rings (SSSR count). The standard InChI is InChI=1S/C17H18N2O6S/c1-11-3-6-13(7-4-11)19-26(22,23)15-9-12(5-8-14(15)24-2)17(21)25-10-16(18)20/h3-9,19H,10H2,1-2H3,(H2,18,20). The van der Waals surface area contributed by atoms with Gasteiger partial charge in [0.1, 0.15) is 10.6 Å². The number of sulfonamides is 1. The van der Waals surface area contributed by atoms with Crippen LogP contribution in [0.25, 0.3) is 0 Å². The molecule has 0 spiro atoms. The molecule has 0 aliphatic carbocycles. The Hall–Kier alpha value is -3.07. The summed E-state index contributed by atoms with van der Waals surface area (Å²) >= 11 is 0. The van der Waals surface area contributed by atoms with Crippen LogP contribution in [0.4, 0.5) is 5.69 Å². The molecule has 26 heavy (non-hydrogen) atoms. The van der Waals surface area contributed by atoms with Gasteiger partial charge in [0, 0.05) is 5.69 Å². The largest absolute Gasteiger partial charge is 0.495 e. The van der Waals surface area contributed by atoms with Crippen LogP contribution >= 0.6 is 0 Å². The van der Waals surface area contributed by atoms with Gasteiger partial charge in [-0.1, -0.05) is 17.7 Å². The van der Waals surface area contributed by atoms with Crippen molar-refractivity contribution in [1.29, 1.82) is 0 Å². The number of aryl methyl sites for hydroxylation is 1. The maximum atomic E-state index is 12.7. The van der Waals surface area contributed by atoms with Crippen molar-refractivity contribution in [2.75, 3.05) is 18.4 Å². The number of nitrogens with two attached hydrogens (primary N) is 1. The van der Waals surface area contributed by atoms with Crippen molar-refractivity contribution in [3.63, 3.8) is 0 Å². The summed E-state index contributed by atoms with van der Waals surface area (Å²) in [5.41, 5.74) is 6.20. The number of primary amides is 1. The smallest absolute Gasteiger partial charge is 0.338 e. The van der Waals surface area contributed by atoms with Crippen LogP contribution in [-0.2, 0) is 19.6 Å². The topological polar surface area (TPSA) is 125 Å². The van der Waals surface area contributed by atoms with Gasteiger partial charge in [0.2, 0.25) is 0 Å². The average molecular weight is 378 g/mol. The third-order valence-corrected chi connectivity index (χ3v) is 4.74. The molecule has 138 valence electrons. The predicted octanol–water partition coefficient (Wildman–Crippen LogP) is 1.45. The van der Waals surface area contributed by atoms with E-state index >= 15 is 0 Å². The van der Waals surface area contributed by atoms with Crippen LogP contribution in [0.2, 0.25) is 0 Å². The molecular weight excluding hydrogens is 360 g/mol. The molecule has 0 saturated heterocycles. The highest BCUT2D eigenvalue weighted by Gasteiger charge is 2.22. The first-order valence-electron chi connectivity index (χ1n) is 7.46. The molecule has 0 heterocycles. The summed E-state index contributed by atoms with van der Waals surface area (Å²) in [6, 6.07) is 10.5. The number of rotatable bonds is 7. The summed E-state index contributed by atoms with van der Waals surface area (Å²) < 4.78 is 37.6. The van der Waals surface area contributed by atoms with Gasteiger partial charge in [0.15, 0.2) is 6.61 Å². The highest BCUT2D eigenvalue weighted by Crippen LogP contribution is 2.27. The second-order valence-electron chi connectivity index (χ2n) is 5.38. The second kappa shape index (κ2) is 7.87. The van der Waals surface area contributed by atoms with Crippen LogP contribution in [0.15, 0.2) is 47.4 Å². The van der Waals surface area contributed by atoms with Gasteiger partial charge in [-0.15, -0.1) is 0 Å². The lowest BCUT2D eigenvalue weighted by Gasteiger charge is -2.13. The zero-order valence-electron chi connectivity index (χ0n) is 14.2. The van der Waals surface area contributed by atoms with Crippen molar-refractivity contribution in [2.45, 2.75) is 11.8 Å². The summed E-state index contributed by atoms with van der Waals surface area (Å²) in [5.74, 6) is -1.64. The highest BCUT2D eigenvalue weighted by molar-refractivity contribution is 7.92. The molecule has 9 heteroatoms. The van der Waals surface area contributed by atoms with Crippen LogP contribution in [0.1, 0.15) is 15.9 Å². The van der Waals surface area contributed by atoms with Crippen LogP contribution in [-0.4, -0.2) is 34.0 Å². The Labute approximate surface area is 151 Å². The molecule has 0 saturated carbocycles. The van der Waals surface area contributed by atoms with Crippen LogP contribution in [0.3, 0.4) is 0 Å². The Kier molecular flexibility index (Phi) is 5.83. The van der Waals surface area contributed by atoms with Gasteiger partial charge in [0.25, 0.3) is 15.9 Å². The lowest BCUT2D eigenvalue weighted by Crippen LogP contribution is -2.21. The normalized spacial score (nSPS) is 10.8. The second-order valence-corrected chi connectivity index (χ2v) is 7.03. The molecular formula is C17H18N2O6S. The summed E-state index contributed by atoms with van der Waals surface area (Å²) in [6.45, 7) is 1.27. The van der Waals surface area contributed by atoms with E-state index in [1.54, 1.807) is 24.3 Å². The zero-order chi connectivity index (χ0) is 19.3. The fourth-order valence-electron chi connectivity index (χ4n) is 2.07. The number of nitrogens with one attached hydrogen (secondary N) is 1. The number of carbonyl (C=O) groups excluding carboxylic acids is 2. The average Bonchev–Trinajstić information content (AvgIpc) is 2.60. The van der Waals surface area contributed by atoms with E-state index in [0.29, 0.717) is 5.69 Å². The van der Waals surface area contributed by atoms with Gasteiger partial charge >= 0.3 is 5.97 Å². The summed E-state index contributed by atoms with van der Waals surface area (Å²) in [4.78, 5) is 22.4. The lowest BCUT2D eigenvalue weighted by molar-refractivity contribution is -0.121. The van der Waals surface area contributed by atoms with Gasteiger partial charge in [-0.05, 0) is 37.3 Å². The fourth-order valence-corrected chi connectivity index (χ4v) is 3.32. The molecule has 0 radical (unpaired) electrons. The molecule has 0 unspecified atom stereocenters. The van der Waals surface area contributed by atoms with Crippen LogP contribution in [0.5, 0.6) is 5.75 Å². The van der Waals surface area contributed by atoms with Crippen molar-refractivity contribution < 1.29 is 27.5 Å². The zero-order valence-corrected chi connectivity index (χ0v) is 15.0. The van der Waals surface area contributed by atoms with E-state index < -0.39 is 28.5 Å². The van der Waals surface area contributed by atoms with E-state index in [9.17, 15) is 18.0 Å². The number of amides is 1. The number of benzene rings is 2. The first-order chi connectivity index (χ1) is 12.2. The molecule has 8 nitrogen and oxygen atoms in total. The van der Waals surface area contributed by atoms with E-state index in [1.165, 1.54) is 19.2 Å². The van der Waals surface area contributed by atoms with Gasteiger partial charge in [-0.25, -0.2) is 13.2 Å². The minimum Gasteiger partial charge on any atom is -0.495 e. The van der Waals surface area contributed by atoms with Gasteiger partial charge in [-0.2, -0.15) is 0 Å². The summed E-state index contributed by atoms with van der Waals surface area (Å²) in [6.07, 6.45) is 0. The summed E-state index contributed by atoms with van der Waals surface area (Å²) in [5, 5.41) is 0. The van der Waals surface area contributed by atoms with E-state index in [1.807, 2.05) is 6.92 Å². The van der Waals surface area contributed by atoms with E-state index in [-0.39, 0.29) is 16.2 Å². The monoisotopic (exact) mass is 378 g/mol. The molecule has 0 bridgehead atoms. The molecule has 0 aliphatic rings. The Balaban J connectivity index is 2.35. The van der Waals surface area contributed by atoms with Crippen molar-refractivity contribution in [1.82, 2.24) is 0 Å². The molecule has 0 atom stereocenters. The number of methoxy groups -OCH3 is 1. The van der Waals surface area contributed by atoms with E-state index in [0.717, 1.165) is 11.6 Å². The Morgan fingerprint density at radius 1 is 1.12 bits per heavy atom. The summed E-state index contributed by atoms with van der Waals surface area (Å²) in [7, 11) is -2.72. The molecule has 2 aromatic carbocycles. The van der Waals surface area contributed by atoms with Gasteiger partial charge in [0.05, 0.1) is 12.7 Å². The Bertz CT molecular complexity index is 923.